The number of benzene rings is 1. The first-order valence-corrected chi connectivity index (χ1v) is 7.28. The summed E-state index contributed by atoms with van der Waals surface area (Å²) in [6.07, 6.45) is 0. The summed E-state index contributed by atoms with van der Waals surface area (Å²) in [4.78, 5) is 1.42. The molecule has 0 bridgehead atoms. The van der Waals surface area contributed by atoms with Gasteiger partial charge in [0.1, 0.15) is 5.75 Å². The van der Waals surface area contributed by atoms with Crippen molar-refractivity contribution < 1.29 is 4.74 Å². The average molecular weight is 340 g/mol. The Kier molecular flexibility index (Phi) is 5.08. The minimum atomic E-state index is 0.220. The zero-order valence-corrected chi connectivity index (χ0v) is 13.4. The van der Waals surface area contributed by atoms with Gasteiger partial charge in [-0.1, -0.05) is 28.9 Å². The molecule has 1 aromatic carbocycles. The van der Waals surface area contributed by atoms with Crippen LogP contribution in [0.15, 0.2) is 22.7 Å². The van der Waals surface area contributed by atoms with E-state index in [1.165, 1.54) is 4.80 Å². The van der Waals surface area contributed by atoms with Gasteiger partial charge in [-0.15, -0.1) is 10.2 Å². The van der Waals surface area contributed by atoms with Crippen LogP contribution in [0, 0.1) is 0 Å². The molecule has 7 heteroatoms. The number of rotatable bonds is 6. The third-order valence-corrected chi connectivity index (χ3v) is 3.35. The topological polar surface area (TPSA) is 64.9 Å². The maximum Gasteiger partial charge on any atom is 0.212 e. The second kappa shape index (κ2) is 6.81. The van der Waals surface area contributed by atoms with E-state index >= 15 is 0 Å². The number of aromatic nitrogens is 4. The van der Waals surface area contributed by atoms with Crippen molar-refractivity contribution in [3.8, 4) is 5.75 Å². The molecule has 2 rings (SSSR count). The Bertz CT molecular complexity index is 572. The van der Waals surface area contributed by atoms with Gasteiger partial charge in [0, 0.05) is 16.1 Å². The van der Waals surface area contributed by atoms with E-state index in [2.05, 4.69) is 56.6 Å². The van der Waals surface area contributed by atoms with Crippen molar-refractivity contribution in [2.75, 3.05) is 6.54 Å². The molecule has 0 aliphatic heterocycles. The Balaban J connectivity index is 2.14. The molecule has 0 fully saturated rings. The van der Waals surface area contributed by atoms with Crippen LogP contribution in [0.3, 0.4) is 0 Å². The lowest BCUT2D eigenvalue weighted by Crippen LogP contribution is -2.18. The van der Waals surface area contributed by atoms with E-state index in [9.17, 15) is 0 Å². The molecule has 1 aromatic heterocycles. The number of halogens is 1. The molecule has 1 N–H and O–H groups in total. The van der Waals surface area contributed by atoms with Crippen LogP contribution in [-0.4, -0.2) is 26.8 Å². The van der Waals surface area contributed by atoms with Crippen molar-refractivity contribution in [1.82, 2.24) is 25.5 Å². The molecule has 1 atom stereocenters. The van der Waals surface area contributed by atoms with Crippen LogP contribution < -0.4 is 10.1 Å². The van der Waals surface area contributed by atoms with Crippen LogP contribution in [0.1, 0.15) is 31.3 Å². The lowest BCUT2D eigenvalue weighted by atomic mass is 10.1. The molecular weight excluding hydrogens is 322 g/mol. The lowest BCUT2D eigenvalue weighted by molar-refractivity contribution is 0.289. The van der Waals surface area contributed by atoms with Crippen molar-refractivity contribution >= 4 is 15.9 Å². The Hall–Kier alpha value is -1.47. The fourth-order valence-electron chi connectivity index (χ4n) is 1.93. The number of tetrazole rings is 1. The summed E-state index contributed by atoms with van der Waals surface area (Å²) in [5.74, 6) is 1.38. The van der Waals surface area contributed by atoms with Gasteiger partial charge in [0.25, 0.3) is 0 Å². The molecule has 6 nitrogen and oxygen atoms in total. The summed E-state index contributed by atoms with van der Waals surface area (Å²) in [5, 5.41) is 15.2. The number of aryl methyl sites for hydroxylation is 1. The van der Waals surface area contributed by atoms with Crippen molar-refractivity contribution in [1.29, 1.82) is 0 Å². The van der Waals surface area contributed by atoms with Crippen molar-refractivity contribution in [2.24, 2.45) is 7.05 Å². The Morgan fingerprint density at radius 1 is 1.45 bits per heavy atom. The maximum absolute atomic E-state index is 5.84. The first-order chi connectivity index (χ1) is 9.60. The molecule has 0 radical (unpaired) electrons. The largest absolute Gasteiger partial charge is 0.485 e. The first-order valence-electron chi connectivity index (χ1n) is 6.48. The van der Waals surface area contributed by atoms with Crippen LogP contribution in [0.4, 0.5) is 0 Å². The number of nitrogens with one attached hydrogen (secondary N) is 1. The molecular formula is C13H18BrN5O. The van der Waals surface area contributed by atoms with Crippen LogP contribution in [0.2, 0.25) is 0 Å². The molecule has 0 saturated carbocycles. The second-order valence-corrected chi connectivity index (χ2v) is 5.36. The summed E-state index contributed by atoms with van der Waals surface area (Å²) in [6, 6.07) is 6.24. The third-order valence-electron chi connectivity index (χ3n) is 2.86. The van der Waals surface area contributed by atoms with Crippen LogP contribution >= 0.6 is 15.9 Å². The van der Waals surface area contributed by atoms with E-state index in [0.29, 0.717) is 12.4 Å². The van der Waals surface area contributed by atoms with E-state index in [-0.39, 0.29) is 6.04 Å². The number of hydrogen-bond acceptors (Lipinski definition) is 5. The minimum absolute atomic E-state index is 0.220. The van der Waals surface area contributed by atoms with E-state index < -0.39 is 0 Å². The fraction of sp³-hybridized carbons (Fsp3) is 0.462. The summed E-state index contributed by atoms with van der Waals surface area (Å²) in [6.45, 7) is 5.40. The van der Waals surface area contributed by atoms with Gasteiger partial charge in [0.2, 0.25) is 5.82 Å². The predicted octanol–water partition coefficient (Wildman–Crippen LogP) is 2.22. The maximum atomic E-state index is 5.84. The Morgan fingerprint density at radius 3 is 2.90 bits per heavy atom. The highest BCUT2D eigenvalue weighted by Gasteiger charge is 2.12. The molecule has 1 unspecified atom stereocenters. The lowest BCUT2D eigenvalue weighted by Gasteiger charge is -2.17. The van der Waals surface area contributed by atoms with Crippen molar-refractivity contribution in [3.63, 3.8) is 0 Å². The highest BCUT2D eigenvalue weighted by molar-refractivity contribution is 9.10. The van der Waals surface area contributed by atoms with Crippen LogP contribution in [0.25, 0.3) is 0 Å². The minimum Gasteiger partial charge on any atom is -0.485 e. The number of nitrogens with zero attached hydrogens (tertiary/aromatic N) is 4. The van der Waals surface area contributed by atoms with Crippen LogP contribution in [0.5, 0.6) is 5.75 Å². The highest BCUT2D eigenvalue weighted by atomic mass is 79.9. The van der Waals surface area contributed by atoms with Gasteiger partial charge in [-0.05, 0) is 30.8 Å². The zero-order valence-electron chi connectivity index (χ0n) is 11.8. The Labute approximate surface area is 126 Å². The van der Waals surface area contributed by atoms with E-state index in [0.717, 1.165) is 22.3 Å². The van der Waals surface area contributed by atoms with Gasteiger partial charge in [0.05, 0.1) is 7.05 Å². The molecule has 0 amide bonds. The summed E-state index contributed by atoms with van der Waals surface area (Å²) in [7, 11) is 1.73. The van der Waals surface area contributed by atoms with Crippen LogP contribution in [-0.2, 0) is 13.7 Å². The van der Waals surface area contributed by atoms with E-state index in [4.69, 9.17) is 4.74 Å². The Morgan fingerprint density at radius 2 is 2.25 bits per heavy atom. The molecule has 108 valence electrons. The fourth-order valence-corrected chi connectivity index (χ4v) is 2.27. The molecule has 20 heavy (non-hydrogen) atoms. The second-order valence-electron chi connectivity index (χ2n) is 4.45. The first kappa shape index (κ1) is 14.9. The van der Waals surface area contributed by atoms with Crippen molar-refractivity contribution in [3.05, 3.63) is 34.1 Å². The molecule has 2 aromatic rings. The molecule has 0 aliphatic carbocycles. The summed E-state index contributed by atoms with van der Waals surface area (Å²) in [5.41, 5.74) is 1.11. The number of hydrogen-bond donors (Lipinski definition) is 1. The van der Waals surface area contributed by atoms with Gasteiger partial charge in [0.15, 0.2) is 6.61 Å². The normalized spacial score (nSPS) is 12.4. The molecule has 0 aliphatic rings. The predicted molar refractivity (Wildman–Crippen MR) is 79.4 cm³/mol. The zero-order chi connectivity index (χ0) is 14.5. The highest BCUT2D eigenvalue weighted by Crippen LogP contribution is 2.29. The molecule has 1 heterocycles. The molecule has 0 spiro atoms. The quantitative estimate of drug-likeness (QED) is 0.874. The van der Waals surface area contributed by atoms with Crippen molar-refractivity contribution in [2.45, 2.75) is 26.5 Å². The van der Waals surface area contributed by atoms with Gasteiger partial charge in [-0.3, -0.25) is 0 Å². The smallest absolute Gasteiger partial charge is 0.212 e. The third kappa shape index (κ3) is 3.77. The van der Waals surface area contributed by atoms with E-state index in [1.54, 1.807) is 7.05 Å². The standard InChI is InChI=1S/C13H18BrN5O/c1-4-15-9(2)11-6-5-10(14)7-12(11)20-8-13-16-18-19(3)17-13/h5-7,9,15H,4,8H2,1-3H3. The van der Waals surface area contributed by atoms with Gasteiger partial charge >= 0.3 is 0 Å². The molecule has 0 saturated heterocycles. The van der Waals surface area contributed by atoms with E-state index in [1.807, 2.05) is 12.1 Å². The van der Waals surface area contributed by atoms with Gasteiger partial charge < -0.3 is 10.1 Å². The summed E-state index contributed by atoms with van der Waals surface area (Å²) < 4.78 is 6.82. The monoisotopic (exact) mass is 339 g/mol. The summed E-state index contributed by atoms with van der Waals surface area (Å²) >= 11 is 3.47. The average Bonchev–Trinajstić information content (AvgIpc) is 2.82. The number of ether oxygens (including phenoxy) is 1. The van der Waals surface area contributed by atoms with Gasteiger partial charge in [-0.25, -0.2) is 0 Å². The van der Waals surface area contributed by atoms with Gasteiger partial charge in [-0.2, -0.15) is 4.80 Å². The SMILES string of the molecule is CCNC(C)c1ccc(Br)cc1OCc1nnn(C)n1.